The first-order valence-corrected chi connectivity index (χ1v) is 16.3. The van der Waals surface area contributed by atoms with Gasteiger partial charge in [-0.15, -0.1) is 11.3 Å². The maximum absolute atomic E-state index is 9.21. The van der Waals surface area contributed by atoms with Crippen molar-refractivity contribution in [2.45, 2.75) is 0 Å². The molecule has 9 rings (SSSR count). The summed E-state index contributed by atoms with van der Waals surface area (Å²) in [5, 5.41) is 9.19. The van der Waals surface area contributed by atoms with Gasteiger partial charge in [0.25, 0.3) is 0 Å². The van der Waals surface area contributed by atoms with Gasteiger partial charge in [-0.1, -0.05) is 121 Å². The second-order valence-corrected chi connectivity index (χ2v) is 12.7. The number of fused-ring (bicyclic) bond motifs is 7. The summed E-state index contributed by atoms with van der Waals surface area (Å²) in [7, 11) is 0. The topological polar surface area (TPSA) is 3.24 Å². The molecule has 8 aromatic carbocycles. The Morgan fingerprint density at radius 3 is 1.87 bits per heavy atom. The van der Waals surface area contributed by atoms with E-state index < -0.39 is 0 Å². The average molecular weight is 606 g/mol. The highest BCUT2D eigenvalue weighted by atomic mass is 32.1. The summed E-state index contributed by atoms with van der Waals surface area (Å²) in [5.74, 6) is 0. The van der Waals surface area contributed by atoms with Crippen molar-refractivity contribution in [2.24, 2.45) is 0 Å². The van der Waals surface area contributed by atoms with Crippen molar-refractivity contribution in [1.82, 2.24) is 0 Å². The Hall–Kier alpha value is -5.70. The molecule has 0 fully saturated rings. The zero-order chi connectivity index (χ0) is 32.2. The molecule has 2 heteroatoms. The third-order valence-electron chi connectivity index (χ3n) is 8.84. The Kier molecular flexibility index (Phi) is 5.90. The van der Waals surface area contributed by atoms with Crippen LogP contribution in [0, 0.1) is 0 Å². The number of hydrogen-bond acceptors (Lipinski definition) is 2. The van der Waals surface area contributed by atoms with Gasteiger partial charge in [0.05, 0.1) is 2.74 Å². The van der Waals surface area contributed by atoms with E-state index in [0.717, 1.165) is 44.2 Å². The first kappa shape index (κ1) is 24.6. The van der Waals surface area contributed by atoms with Gasteiger partial charge in [0, 0.05) is 37.2 Å². The molecule has 9 aromatic rings. The Morgan fingerprint density at radius 1 is 0.413 bits per heavy atom. The van der Waals surface area contributed by atoms with Crippen LogP contribution in [0.25, 0.3) is 64.6 Å². The minimum atomic E-state index is 0.199. The molecule has 0 bridgehead atoms. The predicted molar refractivity (Wildman–Crippen MR) is 202 cm³/mol. The monoisotopic (exact) mass is 605 g/mol. The van der Waals surface area contributed by atoms with E-state index in [0.29, 0.717) is 5.56 Å². The zero-order valence-corrected chi connectivity index (χ0v) is 25.8. The molecule has 0 saturated heterocycles. The van der Waals surface area contributed by atoms with Gasteiger partial charge in [0.15, 0.2) is 0 Å². The van der Waals surface area contributed by atoms with Crippen molar-refractivity contribution in [3.63, 3.8) is 0 Å². The molecule has 1 heterocycles. The summed E-state index contributed by atoms with van der Waals surface area (Å²) in [6, 6.07) is 57.3. The molecule has 1 aromatic heterocycles. The SMILES string of the molecule is [2H]/C(=C(/[2H])c1cc2ccccc2c2ccccc12)c1ccc(N(c2ccc3ccccc3c2)c2ccc3sc4ccccc4c3c2)cc1. The molecule has 0 saturated carbocycles. The lowest BCUT2D eigenvalue weighted by Gasteiger charge is -2.26. The van der Waals surface area contributed by atoms with E-state index in [2.05, 4.69) is 132 Å². The van der Waals surface area contributed by atoms with Gasteiger partial charge in [-0.2, -0.15) is 0 Å². The van der Waals surface area contributed by atoms with Gasteiger partial charge in [-0.3, -0.25) is 0 Å². The number of thiophene rings is 1. The molecule has 0 N–H and O–H groups in total. The van der Waals surface area contributed by atoms with Crippen LogP contribution in [0.4, 0.5) is 17.1 Å². The third-order valence-corrected chi connectivity index (χ3v) is 10.00. The van der Waals surface area contributed by atoms with E-state index in [-0.39, 0.29) is 12.1 Å². The van der Waals surface area contributed by atoms with Crippen LogP contribution in [0.2, 0.25) is 0 Å². The highest BCUT2D eigenvalue weighted by Gasteiger charge is 2.15. The molecule has 0 aliphatic heterocycles. The lowest BCUT2D eigenvalue weighted by atomic mass is 9.96. The fourth-order valence-electron chi connectivity index (χ4n) is 6.61. The summed E-state index contributed by atoms with van der Waals surface area (Å²) in [4.78, 5) is 2.29. The molecule has 0 unspecified atom stereocenters. The maximum atomic E-state index is 9.21. The van der Waals surface area contributed by atoms with Gasteiger partial charge in [0.2, 0.25) is 0 Å². The number of benzene rings is 8. The minimum Gasteiger partial charge on any atom is -0.310 e. The Labute approximate surface area is 274 Å². The molecule has 0 radical (unpaired) electrons. The molecule has 0 aliphatic rings. The molecule has 0 amide bonds. The number of rotatable bonds is 5. The van der Waals surface area contributed by atoms with E-state index in [1.807, 2.05) is 47.7 Å². The van der Waals surface area contributed by atoms with Crippen LogP contribution in [-0.2, 0) is 0 Å². The average Bonchev–Trinajstić information content (AvgIpc) is 3.52. The van der Waals surface area contributed by atoms with Crippen molar-refractivity contribution in [3.05, 3.63) is 175 Å². The lowest BCUT2D eigenvalue weighted by molar-refractivity contribution is 1.29. The fraction of sp³-hybridized carbons (Fsp3) is 0. The van der Waals surface area contributed by atoms with Crippen LogP contribution in [-0.4, -0.2) is 0 Å². The second-order valence-electron chi connectivity index (χ2n) is 11.6. The molecule has 46 heavy (non-hydrogen) atoms. The molecule has 0 aliphatic carbocycles. The summed E-state index contributed by atoms with van der Waals surface area (Å²) >= 11 is 1.82. The summed E-state index contributed by atoms with van der Waals surface area (Å²) in [6.07, 6.45) is 0. The highest BCUT2D eigenvalue weighted by molar-refractivity contribution is 7.25. The molecule has 0 spiro atoms. The van der Waals surface area contributed by atoms with Crippen molar-refractivity contribution in [2.75, 3.05) is 4.90 Å². The van der Waals surface area contributed by atoms with E-state index in [9.17, 15) is 1.37 Å². The van der Waals surface area contributed by atoms with Gasteiger partial charge >= 0.3 is 0 Å². The van der Waals surface area contributed by atoms with Crippen molar-refractivity contribution in [3.8, 4) is 0 Å². The number of anilines is 3. The molecule has 0 atom stereocenters. The third kappa shape index (κ3) is 4.63. The van der Waals surface area contributed by atoms with Crippen molar-refractivity contribution in [1.29, 1.82) is 0 Å². The number of nitrogens with zero attached hydrogens (tertiary/aromatic N) is 1. The molecular formula is C44H29NS. The van der Waals surface area contributed by atoms with Crippen LogP contribution in [0.1, 0.15) is 13.9 Å². The molecular weight excluding hydrogens is 575 g/mol. The lowest BCUT2D eigenvalue weighted by Crippen LogP contribution is -2.09. The normalized spacial score (nSPS) is 12.9. The van der Waals surface area contributed by atoms with Gasteiger partial charge < -0.3 is 4.90 Å². The highest BCUT2D eigenvalue weighted by Crippen LogP contribution is 2.41. The maximum Gasteiger partial charge on any atom is 0.0629 e. The Morgan fingerprint density at radius 2 is 1.02 bits per heavy atom. The van der Waals surface area contributed by atoms with Gasteiger partial charge in [0.1, 0.15) is 0 Å². The van der Waals surface area contributed by atoms with Gasteiger partial charge in [-0.25, -0.2) is 0 Å². The van der Waals surface area contributed by atoms with E-state index >= 15 is 0 Å². The van der Waals surface area contributed by atoms with Gasteiger partial charge in [-0.05, 0) is 98.0 Å². The smallest absolute Gasteiger partial charge is 0.0629 e. The largest absolute Gasteiger partial charge is 0.310 e. The van der Waals surface area contributed by atoms with Crippen LogP contribution in [0.3, 0.4) is 0 Å². The number of hydrogen-bond donors (Lipinski definition) is 0. The molecule has 1 nitrogen and oxygen atoms in total. The van der Waals surface area contributed by atoms with E-state index in [4.69, 9.17) is 1.37 Å². The first-order valence-electron chi connectivity index (χ1n) is 16.5. The predicted octanol–water partition coefficient (Wildman–Crippen LogP) is 13.2. The summed E-state index contributed by atoms with van der Waals surface area (Å²) in [6.45, 7) is 0. The standard InChI is InChI=1S/C44H29NS/c1-2-10-32-28-36(24-21-31(32)9-1)45(37-25-26-44-42(29-37)41-15-7-8-16-43(41)46-44)35-22-18-30(19-23-35)17-20-34-27-33-11-3-4-12-38(33)40-14-6-5-13-39(34)40/h1-29H/b20-17+/i17D,20D. The van der Waals surface area contributed by atoms with Crippen LogP contribution in [0.15, 0.2) is 164 Å². The molecule has 216 valence electrons. The van der Waals surface area contributed by atoms with Crippen LogP contribution >= 0.6 is 11.3 Å². The van der Waals surface area contributed by atoms with E-state index in [1.54, 1.807) is 0 Å². The fourth-order valence-corrected chi connectivity index (χ4v) is 7.69. The van der Waals surface area contributed by atoms with Crippen molar-refractivity contribution < 1.29 is 2.74 Å². The second kappa shape index (κ2) is 11.0. The quantitative estimate of drug-likeness (QED) is 0.139. The summed E-state index contributed by atoms with van der Waals surface area (Å²) in [5.41, 5.74) is 4.60. The van der Waals surface area contributed by atoms with Crippen LogP contribution < -0.4 is 4.90 Å². The Bertz CT molecular complexity index is 2710. The summed E-state index contributed by atoms with van der Waals surface area (Å²) < 4.78 is 20.9. The zero-order valence-electron chi connectivity index (χ0n) is 26.9. The van der Waals surface area contributed by atoms with Crippen LogP contribution in [0.5, 0.6) is 0 Å². The van der Waals surface area contributed by atoms with E-state index in [1.165, 1.54) is 30.9 Å². The first-order chi connectivity index (χ1) is 23.6. The minimum absolute atomic E-state index is 0.199. The Balaban J connectivity index is 1.17. The van der Waals surface area contributed by atoms with Crippen molar-refractivity contribution >= 4 is 93.0 Å².